The van der Waals surface area contributed by atoms with Gasteiger partial charge in [-0.2, -0.15) is 0 Å². The topological polar surface area (TPSA) is 101 Å². The number of pyridine rings is 1. The van der Waals surface area contributed by atoms with Crippen LogP contribution in [-0.2, 0) is 11.2 Å². The van der Waals surface area contributed by atoms with Crippen molar-refractivity contribution < 1.29 is 28.6 Å². The van der Waals surface area contributed by atoms with Crippen molar-refractivity contribution in [2.75, 3.05) is 24.7 Å². The Balaban J connectivity index is 1.74. The molecule has 2 N–H and O–H groups in total. The first-order valence-electron chi connectivity index (χ1n) is 9.74. The van der Waals surface area contributed by atoms with E-state index < -0.39 is 12.1 Å². The fraction of sp³-hybridized carbons (Fsp3) is 0.381. The first kappa shape index (κ1) is 20.1. The van der Waals surface area contributed by atoms with Gasteiger partial charge in [-0.3, -0.25) is 9.69 Å². The molecule has 0 radical (unpaired) electrons. The van der Waals surface area contributed by atoms with Crippen LogP contribution in [-0.4, -0.2) is 54.0 Å². The summed E-state index contributed by atoms with van der Waals surface area (Å²) in [5.74, 6) is -0.638. The van der Waals surface area contributed by atoms with Crippen LogP contribution in [0.4, 0.5) is 14.9 Å². The zero-order valence-electron chi connectivity index (χ0n) is 16.4. The predicted octanol–water partition coefficient (Wildman–Crippen LogP) is 2.60. The van der Waals surface area contributed by atoms with E-state index in [4.69, 9.17) is 9.47 Å². The highest BCUT2D eigenvalue weighted by atomic mass is 19.1. The van der Waals surface area contributed by atoms with E-state index in [1.807, 2.05) is 0 Å². The SMILES string of the molecule is CC1COc2nc(C(=O)NC3CCOC3)c(Cc3ccc(F)cc3)cc2N1C(=O)O. The summed E-state index contributed by atoms with van der Waals surface area (Å²) in [6, 6.07) is 7.04. The molecule has 8 nitrogen and oxygen atoms in total. The van der Waals surface area contributed by atoms with E-state index in [0.717, 1.165) is 5.56 Å². The van der Waals surface area contributed by atoms with Gasteiger partial charge in [-0.15, -0.1) is 0 Å². The lowest BCUT2D eigenvalue weighted by Crippen LogP contribution is -2.45. The number of halogens is 1. The molecule has 1 aromatic carbocycles. The molecule has 0 saturated carbocycles. The molecule has 2 amide bonds. The van der Waals surface area contributed by atoms with Gasteiger partial charge in [0, 0.05) is 6.61 Å². The number of aromatic nitrogens is 1. The summed E-state index contributed by atoms with van der Waals surface area (Å²) in [7, 11) is 0. The van der Waals surface area contributed by atoms with E-state index in [-0.39, 0.29) is 42.4 Å². The van der Waals surface area contributed by atoms with E-state index in [1.54, 1.807) is 25.1 Å². The molecular formula is C21H22FN3O5. The van der Waals surface area contributed by atoms with Crippen molar-refractivity contribution in [3.05, 3.63) is 53.0 Å². The number of fused-ring (bicyclic) bond motifs is 1. The Morgan fingerprint density at radius 2 is 2.07 bits per heavy atom. The van der Waals surface area contributed by atoms with Gasteiger partial charge >= 0.3 is 6.09 Å². The van der Waals surface area contributed by atoms with Crippen LogP contribution in [0.1, 0.15) is 35.0 Å². The number of benzene rings is 1. The minimum Gasteiger partial charge on any atom is -0.474 e. The third-order valence-electron chi connectivity index (χ3n) is 5.20. The summed E-state index contributed by atoms with van der Waals surface area (Å²) in [4.78, 5) is 30.3. The second-order valence-electron chi connectivity index (χ2n) is 7.47. The Bertz CT molecular complexity index is 960. The van der Waals surface area contributed by atoms with E-state index >= 15 is 0 Å². The second-order valence-corrected chi connectivity index (χ2v) is 7.47. The quantitative estimate of drug-likeness (QED) is 0.796. The molecule has 4 rings (SSSR count). The molecule has 2 aromatic rings. The molecule has 2 aliphatic heterocycles. The number of carboxylic acid groups (broad SMARTS) is 1. The van der Waals surface area contributed by atoms with Crippen molar-refractivity contribution in [1.29, 1.82) is 0 Å². The predicted molar refractivity (Wildman–Crippen MR) is 106 cm³/mol. The minimum absolute atomic E-state index is 0.103. The van der Waals surface area contributed by atoms with Crippen LogP contribution in [0.2, 0.25) is 0 Å². The molecule has 3 heterocycles. The standard InChI is InChI=1S/C21H22FN3O5/c1-12-10-30-20-17(25(12)21(27)28)9-14(8-13-2-4-15(22)5-3-13)18(24-20)19(26)23-16-6-7-29-11-16/h2-5,9,12,16H,6-8,10-11H2,1H3,(H,23,26)(H,27,28). The largest absolute Gasteiger partial charge is 0.474 e. The molecule has 2 atom stereocenters. The second kappa shape index (κ2) is 8.27. The van der Waals surface area contributed by atoms with Crippen LogP contribution < -0.4 is 15.0 Å². The summed E-state index contributed by atoms with van der Waals surface area (Å²) >= 11 is 0. The molecule has 2 aliphatic rings. The van der Waals surface area contributed by atoms with Crippen molar-refractivity contribution >= 4 is 17.7 Å². The van der Waals surface area contributed by atoms with E-state index in [1.165, 1.54) is 17.0 Å². The number of hydrogen-bond donors (Lipinski definition) is 2. The average molecular weight is 415 g/mol. The molecule has 158 valence electrons. The average Bonchev–Trinajstić information content (AvgIpc) is 3.21. The van der Waals surface area contributed by atoms with Crippen molar-refractivity contribution in [3.63, 3.8) is 0 Å². The van der Waals surface area contributed by atoms with Gasteiger partial charge in [0.05, 0.1) is 18.7 Å². The maximum Gasteiger partial charge on any atom is 0.412 e. The third-order valence-corrected chi connectivity index (χ3v) is 5.20. The van der Waals surface area contributed by atoms with Crippen molar-refractivity contribution in [1.82, 2.24) is 10.3 Å². The number of carbonyl (C=O) groups excluding carboxylic acids is 1. The summed E-state index contributed by atoms with van der Waals surface area (Å²) in [6.07, 6.45) is -0.126. The van der Waals surface area contributed by atoms with Crippen LogP contribution in [0, 0.1) is 5.82 Å². The van der Waals surface area contributed by atoms with Gasteiger partial charge in [-0.05, 0) is 49.1 Å². The van der Waals surface area contributed by atoms with Gasteiger partial charge in [0.1, 0.15) is 23.8 Å². The first-order chi connectivity index (χ1) is 14.4. The van der Waals surface area contributed by atoms with Gasteiger partial charge in [-0.25, -0.2) is 14.2 Å². The number of nitrogens with one attached hydrogen (secondary N) is 1. The highest BCUT2D eigenvalue weighted by Gasteiger charge is 2.33. The number of hydrogen-bond acceptors (Lipinski definition) is 5. The zero-order valence-corrected chi connectivity index (χ0v) is 16.4. The van der Waals surface area contributed by atoms with Crippen LogP contribution in [0.25, 0.3) is 0 Å². The van der Waals surface area contributed by atoms with E-state index in [2.05, 4.69) is 10.3 Å². The summed E-state index contributed by atoms with van der Waals surface area (Å²) < 4.78 is 24.2. The van der Waals surface area contributed by atoms with Crippen LogP contribution in [0.3, 0.4) is 0 Å². The first-order valence-corrected chi connectivity index (χ1v) is 9.74. The maximum atomic E-state index is 13.3. The van der Waals surface area contributed by atoms with Gasteiger partial charge in [0.25, 0.3) is 5.91 Å². The highest BCUT2D eigenvalue weighted by molar-refractivity contribution is 5.96. The fourth-order valence-corrected chi connectivity index (χ4v) is 3.66. The Hall–Kier alpha value is -3.20. The molecule has 0 bridgehead atoms. The van der Waals surface area contributed by atoms with Crippen molar-refractivity contribution in [2.24, 2.45) is 0 Å². The Labute approximate surface area is 172 Å². The number of rotatable bonds is 4. The molecule has 30 heavy (non-hydrogen) atoms. The molecule has 1 fully saturated rings. The summed E-state index contributed by atoms with van der Waals surface area (Å²) in [6.45, 7) is 2.89. The Morgan fingerprint density at radius 1 is 1.30 bits per heavy atom. The highest BCUT2D eigenvalue weighted by Crippen LogP contribution is 2.35. The lowest BCUT2D eigenvalue weighted by atomic mass is 10.0. The number of amides is 2. The Kier molecular flexibility index (Phi) is 5.54. The van der Waals surface area contributed by atoms with E-state index in [0.29, 0.717) is 30.9 Å². The molecule has 0 aliphatic carbocycles. The lowest BCUT2D eigenvalue weighted by molar-refractivity contribution is 0.0922. The van der Waals surface area contributed by atoms with E-state index in [9.17, 15) is 19.1 Å². The third kappa shape index (κ3) is 4.06. The molecule has 1 aromatic heterocycles. The van der Waals surface area contributed by atoms with Gasteiger partial charge < -0.3 is 19.9 Å². The zero-order chi connectivity index (χ0) is 21.3. The number of ether oxygens (including phenoxy) is 2. The number of anilines is 1. The smallest absolute Gasteiger partial charge is 0.412 e. The number of nitrogens with zero attached hydrogens (tertiary/aromatic N) is 2. The van der Waals surface area contributed by atoms with Crippen LogP contribution >= 0.6 is 0 Å². The molecule has 0 spiro atoms. The normalized spacial score (nSPS) is 20.4. The fourth-order valence-electron chi connectivity index (χ4n) is 3.66. The lowest BCUT2D eigenvalue weighted by Gasteiger charge is -2.32. The molecular weight excluding hydrogens is 393 g/mol. The molecule has 9 heteroatoms. The Morgan fingerprint density at radius 3 is 2.73 bits per heavy atom. The van der Waals surface area contributed by atoms with Gasteiger partial charge in [0.15, 0.2) is 0 Å². The van der Waals surface area contributed by atoms with Crippen molar-refractivity contribution in [2.45, 2.75) is 31.8 Å². The summed E-state index contributed by atoms with van der Waals surface area (Å²) in [5.41, 5.74) is 1.74. The van der Waals surface area contributed by atoms with Crippen LogP contribution in [0.15, 0.2) is 30.3 Å². The summed E-state index contributed by atoms with van der Waals surface area (Å²) in [5, 5.41) is 12.6. The maximum absolute atomic E-state index is 13.3. The van der Waals surface area contributed by atoms with Gasteiger partial charge in [-0.1, -0.05) is 12.1 Å². The number of carbonyl (C=O) groups is 2. The van der Waals surface area contributed by atoms with Gasteiger partial charge in [0.2, 0.25) is 5.88 Å². The van der Waals surface area contributed by atoms with Crippen molar-refractivity contribution in [3.8, 4) is 5.88 Å². The molecule has 2 unspecified atom stereocenters. The molecule has 1 saturated heterocycles. The minimum atomic E-state index is -1.12. The van der Waals surface area contributed by atoms with Crippen LogP contribution in [0.5, 0.6) is 5.88 Å². The monoisotopic (exact) mass is 415 g/mol.